The maximum Gasteiger partial charge on any atom is 0.340 e. The summed E-state index contributed by atoms with van der Waals surface area (Å²) in [6.45, 7) is 0. The lowest BCUT2D eigenvalue weighted by atomic mass is 10.1. The van der Waals surface area contributed by atoms with Crippen molar-refractivity contribution in [3.8, 4) is 0 Å². The number of nitrogens with one attached hydrogen (secondary N) is 1. The molecule has 0 bridgehead atoms. The zero-order valence-corrected chi connectivity index (χ0v) is 10.2. The van der Waals surface area contributed by atoms with Crippen LogP contribution in [0.3, 0.4) is 0 Å². The molecule has 0 radical (unpaired) electrons. The van der Waals surface area contributed by atoms with Crippen molar-refractivity contribution in [1.29, 1.82) is 0 Å². The van der Waals surface area contributed by atoms with E-state index in [2.05, 4.69) is 5.32 Å². The summed E-state index contributed by atoms with van der Waals surface area (Å²) in [5.41, 5.74) is -0.0578. The summed E-state index contributed by atoms with van der Waals surface area (Å²) in [6, 6.07) is 7.61. The molecule has 19 heavy (non-hydrogen) atoms. The van der Waals surface area contributed by atoms with Crippen LogP contribution in [0.4, 0.5) is 20.2 Å². The molecule has 98 valence electrons. The molecule has 2 rings (SSSR count). The molecule has 0 saturated heterocycles. The molecule has 2 aromatic rings. The van der Waals surface area contributed by atoms with E-state index in [1.165, 1.54) is 24.3 Å². The predicted octanol–water partition coefficient (Wildman–Crippen LogP) is 4.06. The number of aromatic carboxylic acids is 1. The van der Waals surface area contributed by atoms with E-state index >= 15 is 0 Å². The number of anilines is 2. The van der Waals surface area contributed by atoms with Gasteiger partial charge in [-0.1, -0.05) is 17.7 Å². The van der Waals surface area contributed by atoms with Gasteiger partial charge in [0.1, 0.15) is 17.2 Å². The van der Waals surface area contributed by atoms with Gasteiger partial charge in [0.15, 0.2) is 0 Å². The van der Waals surface area contributed by atoms with E-state index in [1.54, 1.807) is 0 Å². The van der Waals surface area contributed by atoms with E-state index in [1.807, 2.05) is 0 Å². The van der Waals surface area contributed by atoms with E-state index in [4.69, 9.17) is 16.7 Å². The normalized spacial score (nSPS) is 10.3. The molecule has 0 fully saturated rings. The number of carboxylic acid groups (broad SMARTS) is 1. The Bertz CT molecular complexity index is 647. The maximum absolute atomic E-state index is 13.4. The molecular formula is C13H8ClF2NO2. The lowest BCUT2D eigenvalue weighted by Gasteiger charge is -2.10. The Morgan fingerprint density at radius 2 is 1.89 bits per heavy atom. The third-order valence-corrected chi connectivity index (χ3v) is 2.72. The van der Waals surface area contributed by atoms with Crippen LogP contribution < -0.4 is 5.32 Å². The van der Waals surface area contributed by atoms with Gasteiger partial charge in [-0.25, -0.2) is 13.6 Å². The van der Waals surface area contributed by atoms with Crippen molar-refractivity contribution >= 4 is 28.9 Å². The van der Waals surface area contributed by atoms with E-state index in [-0.39, 0.29) is 10.7 Å². The van der Waals surface area contributed by atoms with Crippen molar-refractivity contribution in [2.45, 2.75) is 0 Å². The Kier molecular flexibility index (Phi) is 3.66. The largest absolute Gasteiger partial charge is 0.478 e. The first kappa shape index (κ1) is 13.3. The molecule has 3 nitrogen and oxygen atoms in total. The summed E-state index contributed by atoms with van der Waals surface area (Å²) in [5, 5.41) is 11.5. The van der Waals surface area contributed by atoms with Gasteiger partial charge in [-0.05, 0) is 30.3 Å². The third kappa shape index (κ3) is 2.82. The lowest BCUT2D eigenvalue weighted by Crippen LogP contribution is -2.05. The highest BCUT2D eigenvalue weighted by Crippen LogP contribution is 2.26. The molecule has 0 aliphatic carbocycles. The van der Waals surface area contributed by atoms with Crippen molar-refractivity contribution in [2.24, 2.45) is 0 Å². The van der Waals surface area contributed by atoms with Crippen LogP contribution in [0.1, 0.15) is 10.4 Å². The first-order chi connectivity index (χ1) is 8.99. The molecule has 2 N–H and O–H groups in total. The second kappa shape index (κ2) is 5.24. The summed E-state index contributed by atoms with van der Waals surface area (Å²) in [6.07, 6.45) is 0. The molecule has 6 heteroatoms. The minimum atomic E-state index is -1.39. The molecule has 0 spiro atoms. The molecule has 0 atom stereocenters. The Morgan fingerprint density at radius 1 is 1.16 bits per heavy atom. The van der Waals surface area contributed by atoms with Crippen molar-refractivity contribution in [3.63, 3.8) is 0 Å². The quantitative estimate of drug-likeness (QED) is 0.893. The summed E-state index contributed by atoms with van der Waals surface area (Å²) < 4.78 is 26.4. The Balaban J connectivity index is 2.40. The first-order valence-electron chi connectivity index (χ1n) is 5.23. The van der Waals surface area contributed by atoms with Crippen LogP contribution >= 0.6 is 11.6 Å². The number of hydrogen-bond donors (Lipinski definition) is 2. The summed E-state index contributed by atoms with van der Waals surface area (Å²) in [5.74, 6) is -2.84. The van der Waals surface area contributed by atoms with E-state index < -0.39 is 23.2 Å². The van der Waals surface area contributed by atoms with Crippen LogP contribution in [-0.4, -0.2) is 11.1 Å². The van der Waals surface area contributed by atoms with Crippen LogP contribution in [0.25, 0.3) is 0 Å². The lowest BCUT2D eigenvalue weighted by molar-refractivity contribution is 0.0693. The molecule has 0 aliphatic rings. The molecule has 0 aromatic heterocycles. The zero-order valence-electron chi connectivity index (χ0n) is 9.45. The average molecular weight is 284 g/mol. The van der Waals surface area contributed by atoms with Crippen LogP contribution in [0.5, 0.6) is 0 Å². The second-order valence-corrected chi connectivity index (χ2v) is 4.13. The van der Waals surface area contributed by atoms with Gasteiger partial charge in [-0.3, -0.25) is 0 Å². The van der Waals surface area contributed by atoms with E-state index in [9.17, 15) is 13.6 Å². The van der Waals surface area contributed by atoms with Gasteiger partial charge in [0.25, 0.3) is 0 Å². The highest BCUT2D eigenvalue weighted by atomic mass is 35.5. The van der Waals surface area contributed by atoms with Crippen molar-refractivity contribution in [3.05, 3.63) is 58.6 Å². The molecule has 0 amide bonds. The van der Waals surface area contributed by atoms with Gasteiger partial charge in [0, 0.05) is 5.69 Å². The molecule has 0 saturated carbocycles. The fourth-order valence-electron chi connectivity index (χ4n) is 1.58. The molecule has 0 unspecified atom stereocenters. The summed E-state index contributed by atoms with van der Waals surface area (Å²) >= 11 is 5.61. The maximum atomic E-state index is 13.4. The fraction of sp³-hybridized carbons (Fsp3) is 0. The van der Waals surface area contributed by atoms with Gasteiger partial charge in [-0.15, -0.1) is 0 Å². The molecule has 0 aliphatic heterocycles. The van der Waals surface area contributed by atoms with E-state index in [0.717, 1.165) is 12.1 Å². The monoisotopic (exact) mass is 283 g/mol. The molecule has 0 heterocycles. The highest BCUT2D eigenvalue weighted by Gasteiger charge is 2.15. The van der Waals surface area contributed by atoms with E-state index in [0.29, 0.717) is 5.69 Å². The van der Waals surface area contributed by atoms with Crippen LogP contribution in [0.15, 0.2) is 36.4 Å². The molecular weight excluding hydrogens is 276 g/mol. The smallest absolute Gasteiger partial charge is 0.340 e. The minimum absolute atomic E-state index is 0.0650. The topological polar surface area (TPSA) is 49.3 Å². The third-order valence-electron chi connectivity index (χ3n) is 2.43. The van der Waals surface area contributed by atoms with Gasteiger partial charge in [-0.2, -0.15) is 0 Å². The predicted molar refractivity (Wildman–Crippen MR) is 68.1 cm³/mol. The fourth-order valence-corrected chi connectivity index (χ4v) is 1.76. The first-order valence-corrected chi connectivity index (χ1v) is 5.60. The average Bonchev–Trinajstić information content (AvgIpc) is 2.33. The number of benzene rings is 2. The highest BCUT2D eigenvalue weighted by molar-refractivity contribution is 6.31. The van der Waals surface area contributed by atoms with Crippen LogP contribution in [-0.2, 0) is 0 Å². The van der Waals surface area contributed by atoms with Gasteiger partial charge in [0.05, 0.1) is 10.7 Å². The number of carboxylic acids is 1. The zero-order chi connectivity index (χ0) is 14.0. The second-order valence-electron chi connectivity index (χ2n) is 3.72. The van der Waals surface area contributed by atoms with Crippen molar-refractivity contribution < 1.29 is 18.7 Å². The standard InChI is InChI=1S/C13H8ClF2NO2/c14-8-6-7(4-5-9(8)15)17-11-3-1-2-10(16)12(11)13(18)19/h1-6,17H,(H,18,19). The van der Waals surface area contributed by atoms with Crippen molar-refractivity contribution in [2.75, 3.05) is 5.32 Å². The number of hydrogen-bond acceptors (Lipinski definition) is 2. The van der Waals surface area contributed by atoms with Crippen LogP contribution in [0.2, 0.25) is 5.02 Å². The summed E-state index contributed by atoms with van der Waals surface area (Å²) in [7, 11) is 0. The number of halogens is 3. The molecule has 2 aromatic carbocycles. The Hall–Kier alpha value is -2.14. The Morgan fingerprint density at radius 3 is 2.53 bits per heavy atom. The van der Waals surface area contributed by atoms with Crippen molar-refractivity contribution in [1.82, 2.24) is 0 Å². The van der Waals surface area contributed by atoms with Gasteiger partial charge in [0.2, 0.25) is 0 Å². The van der Waals surface area contributed by atoms with Gasteiger partial charge >= 0.3 is 5.97 Å². The van der Waals surface area contributed by atoms with Gasteiger partial charge < -0.3 is 10.4 Å². The number of rotatable bonds is 3. The Labute approximate surface area is 112 Å². The SMILES string of the molecule is O=C(O)c1c(F)cccc1Nc1ccc(F)c(Cl)c1. The van der Waals surface area contributed by atoms with Crippen LogP contribution in [0, 0.1) is 11.6 Å². The summed E-state index contributed by atoms with van der Waals surface area (Å²) in [4.78, 5) is 11.0. The minimum Gasteiger partial charge on any atom is -0.478 e. The number of carbonyl (C=O) groups is 1.